The third kappa shape index (κ3) is 4.44. The van der Waals surface area contributed by atoms with Crippen LogP contribution in [-0.4, -0.2) is 21.2 Å². The van der Waals surface area contributed by atoms with Crippen molar-refractivity contribution in [2.75, 3.05) is 11.1 Å². The number of thioether (sulfide) groups is 1. The molecular formula is C24H29N3O2S2. The number of thiophene rings is 1. The summed E-state index contributed by atoms with van der Waals surface area (Å²) in [7, 11) is 0. The first kappa shape index (κ1) is 22.1. The lowest BCUT2D eigenvalue weighted by Crippen LogP contribution is -2.27. The molecule has 1 aromatic carbocycles. The number of rotatable bonds is 6. The molecule has 1 N–H and O–H groups in total. The zero-order valence-electron chi connectivity index (χ0n) is 18.5. The van der Waals surface area contributed by atoms with E-state index in [0.29, 0.717) is 11.1 Å². The molecule has 0 bridgehead atoms. The molecule has 7 heteroatoms. The largest absolute Gasteiger partial charge is 0.325 e. The minimum atomic E-state index is -0.0797. The summed E-state index contributed by atoms with van der Waals surface area (Å²) in [5.74, 6) is 0.468. The highest BCUT2D eigenvalue weighted by Crippen LogP contribution is 2.34. The van der Waals surface area contributed by atoms with Crippen molar-refractivity contribution in [2.24, 2.45) is 0 Å². The first-order chi connectivity index (χ1) is 14.9. The summed E-state index contributed by atoms with van der Waals surface area (Å²) in [6.45, 7) is 8.27. The quantitative estimate of drug-likeness (QED) is 0.363. The van der Waals surface area contributed by atoms with E-state index in [4.69, 9.17) is 4.98 Å². The Labute approximate surface area is 191 Å². The van der Waals surface area contributed by atoms with E-state index in [1.807, 2.05) is 42.7 Å². The van der Waals surface area contributed by atoms with Gasteiger partial charge in [-0.05, 0) is 49.8 Å². The number of hydrogen-bond donors (Lipinski definition) is 1. The highest BCUT2D eigenvalue weighted by Gasteiger charge is 2.25. The van der Waals surface area contributed by atoms with Gasteiger partial charge in [0.05, 0.1) is 11.1 Å². The second-order valence-electron chi connectivity index (χ2n) is 8.55. The van der Waals surface area contributed by atoms with Gasteiger partial charge in [0.25, 0.3) is 5.56 Å². The summed E-state index contributed by atoms with van der Waals surface area (Å²) in [5, 5.41) is 4.45. The van der Waals surface area contributed by atoms with Gasteiger partial charge in [0.1, 0.15) is 4.83 Å². The summed E-state index contributed by atoms with van der Waals surface area (Å²) in [6, 6.07) is 8.08. The third-order valence-electron chi connectivity index (χ3n) is 6.08. The molecule has 0 saturated heterocycles. The SMILES string of the molecule is Cc1sc2nc(SCC(=O)Nc3ccccc3C(C)C)n(C3CCCC3)c(=O)c2c1C. The van der Waals surface area contributed by atoms with Gasteiger partial charge in [0.2, 0.25) is 5.91 Å². The standard InChI is InChI=1S/C24H29N3O2S2/c1-14(2)18-11-7-8-12-19(18)25-20(28)13-30-24-26-22-21(15(3)16(4)31-22)23(29)27(24)17-9-5-6-10-17/h7-8,11-12,14,17H,5-6,9-10,13H2,1-4H3,(H,25,28). The number of carbonyl (C=O) groups is 1. The fourth-order valence-electron chi connectivity index (χ4n) is 4.30. The zero-order chi connectivity index (χ0) is 22.1. The van der Waals surface area contributed by atoms with E-state index in [9.17, 15) is 9.59 Å². The van der Waals surface area contributed by atoms with Gasteiger partial charge in [-0.2, -0.15) is 0 Å². The second kappa shape index (κ2) is 9.17. The smallest absolute Gasteiger partial charge is 0.263 e. The van der Waals surface area contributed by atoms with Crippen molar-refractivity contribution in [3.63, 3.8) is 0 Å². The molecule has 3 aromatic rings. The number of aromatic nitrogens is 2. The molecule has 1 amide bonds. The summed E-state index contributed by atoms with van der Waals surface area (Å²) in [6.07, 6.45) is 4.26. The van der Waals surface area contributed by atoms with Crippen molar-refractivity contribution in [2.45, 2.75) is 70.5 Å². The number of carbonyl (C=O) groups excluding carboxylic acids is 1. The minimum absolute atomic E-state index is 0.0480. The van der Waals surface area contributed by atoms with Gasteiger partial charge >= 0.3 is 0 Å². The molecule has 0 unspecified atom stereocenters. The van der Waals surface area contributed by atoms with Crippen molar-refractivity contribution in [1.29, 1.82) is 0 Å². The Morgan fingerprint density at radius 1 is 1.26 bits per heavy atom. The van der Waals surface area contributed by atoms with Crippen LogP contribution in [0.25, 0.3) is 10.2 Å². The maximum Gasteiger partial charge on any atom is 0.263 e. The molecule has 5 nitrogen and oxygen atoms in total. The van der Waals surface area contributed by atoms with Gasteiger partial charge in [-0.1, -0.05) is 56.7 Å². The summed E-state index contributed by atoms with van der Waals surface area (Å²) in [5.41, 5.74) is 3.05. The van der Waals surface area contributed by atoms with Crippen LogP contribution >= 0.6 is 23.1 Å². The number of anilines is 1. The predicted molar refractivity (Wildman–Crippen MR) is 131 cm³/mol. The highest BCUT2D eigenvalue weighted by molar-refractivity contribution is 7.99. The van der Waals surface area contributed by atoms with Crippen molar-refractivity contribution in [3.05, 3.63) is 50.6 Å². The molecule has 1 aliphatic rings. The fourth-order valence-corrected chi connectivity index (χ4v) is 6.24. The van der Waals surface area contributed by atoms with Crippen LogP contribution < -0.4 is 10.9 Å². The fraction of sp³-hybridized carbons (Fsp3) is 0.458. The van der Waals surface area contributed by atoms with Gasteiger partial charge in [0, 0.05) is 16.6 Å². The average Bonchev–Trinajstić information content (AvgIpc) is 3.35. The van der Waals surface area contributed by atoms with Crippen LogP contribution in [0.5, 0.6) is 0 Å². The number of aryl methyl sites for hydroxylation is 2. The van der Waals surface area contributed by atoms with Crippen LogP contribution in [0, 0.1) is 13.8 Å². The highest BCUT2D eigenvalue weighted by atomic mass is 32.2. The van der Waals surface area contributed by atoms with Gasteiger partial charge in [0.15, 0.2) is 5.16 Å². The normalized spacial score (nSPS) is 14.6. The summed E-state index contributed by atoms with van der Waals surface area (Å²) in [4.78, 5) is 33.0. The maximum atomic E-state index is 13.4. The number of hydrogen-bond acceptors (Lipinski definition) is 5. The van der Waals surface area contributed by atoms with Gasteiger partial charge in [-0.15, -0.1) is 11.3 Å². The van der Waals surface area contributed by atoms with Crippen LogP contribution in [0.4, 0.5) is 5.69 Å². The summed E-state index contributed by atoms with van der Waals surface area (Å²) < 4.78 is 1.87. The maximum absolute atomic E-state index is 13.4. The van der Waals surface area contributed by atoms with Crippen molar-refractivity contribution in [1.82, 2.24) is 9.55 Å². The molecule has 2 heterocycles. The van der Waals surface area contributed by atoms with Crippen molar-refractivity contribution < 1.29 is 4.79 Å². The summed E-state index contributed by atoms with van der Waals surface area (Å²) >= 11 is 2.93. The average molecular weight is 456 g/mol. The molecule has 1 fully saturated rings. The van der Waals surface area contributed by atoms with E-state index in [1.165, 1.54) is 11.8 Å². The minimum Gasteiger partial charge on any atom is -0.325 e. The Hall–Kier alpha value is -2.12. The monoisotopic (exact) mass is 455 g/mol. The van der Waals surface area contributed by atoms with Crippen LogP contribution in [0.2, 0.25) is 0 Å². The molecule has 0 aliphatic heterocycles. The van der Waals surface area contributed by atoms with Crippen molar-refractivity contribution >= 4 is 44.9 Å². The van der Waals surface area contributed by atoms with Gasteiger partial charge < -0.3 is 5.32 Å². The van der Waals surface area contributed by atoms with E-state index in [2.05, 4.69) is 19.2 Å². The van der Waals surface area contributed by atoms with E-state index in [0.717, 1.165) is 57.6 Å². The third-order valence-corrected chi connectivity index (χ3v) is 8.14. The van der Waals surface area contributed by atoms with E-state index >= 15 is 0 Å². The Bertz CT molecular complexity index is 1170. The van der Waals surface area contributed by atoms with Crippen molar-refractivity contribution in [3.8, 4) is 0 Å². The second-order valence-corrected chi connectivity index (χ2v) is 10.7. The van der Waals surface area contributed by atoms with Crippen LogP contribution in [0.3, 0.4) is 0 Å². The van der Waals surface area contributed by atoms with Crippen LogP contribution in [0.1, 0.15) is 67.5 Å². The Morgan fingerprint density at radius 2 is 1.97 bits per heavy atom. The first-order valence-corrected chi connectivity index (χ1v) is 12.7. The van der Waals surface area contributed by atoms with Gasteiger partial charge in [-0.3, -0.25) is 14.2 Å². The Balaban J connectivity index is 1.61. The Kier molecular flexibility index (Phi) is 6.53. The molecule has 1 saturated carbocycles. The zero-order valence-corrected chi connectivity index (χ0v) is 20.2. The van der Waals surface area contributed by atoms with E-state index < -0.39 is 0 Å². The predicted octanol–water partition coefficient (Wildman–Crippen LogP) is 6.04. The molecule has 1 aliphatic carbocycles. The van der Waals surface area contributed by atoms with Crippen LogP contribution in [0.15, 0.2) is 34.2 Å². The topological polar surface area (TPSA) is 64.0 Å². The number of benzene rings is 1. The lowest BCUT2D eigenvalue weighted by Gasteiger charge is -2.18. The van der Waals surface area contributed by atoms with Gasteiger partial charge in [-0.25, -0.2) is 4.98 Å². The van der Waals surface area contributed by atoms with E-state index in [-0.39, 0.29) is 23.3 Å². The number of amides is 1. The van der Waals surface area contributed by atoms with E-state index in [1.54, 1.807) is 11.3 Å². The van der Waals surface area contributed by atoms with Crippen LogP contribution in [-0.2, 0) is 4.79 Å². The number of fused-ring (bicyclic) bond motifs is 1. The molecule has 0 spiro atoms. The molecule has 4 rings (SSSR count). The number of para-hydroxylation sites is 1. The molecule has 0 radical (unpaired) electrons. The molecule has 164 valence electrons. The Morgan fingerprint density at radius 3 is 2.68 bits per heavy atom. The number of nitrogens with zero attached hydrogens (tertiary/aromatic N) is 2. The molecule has 31 heavy (non-hydrogen) atoms. The lowest BCUT2D eigenvalue weighted by molar-refractivity contribution is -0.113. The lowest BCUT2D eigenvalue weighted by atomic mass is 10.0. The molecular weight excluding hydrogens is 426 g/mol. The first-order valence-electron chi connectivity index (χ1n) is 10.9. The molecule has 2 aromatic heterocycles. The number of nitrogens with one attached hydrogen (secondary N) is 1. The molecule has 0 atom stereocenters.